The van der Waals surface area contributed by atoms with Gasteiger partial charge in [-0.15, -0.1) is 0 Å². The first-order chi connectivity index (χ1) is 19.1. The van der Waals surface area contributed by atoms with Crippen molar-refractivity contribution < 1.29 is 37.0 Å². The van der Waals surface area contributed by atoms with E-state index in [4.69, 9.17) is 25.8 Å². The second kappa shape index (κ2) is 10.1. The third kappa shape index (κ3) is 4.14. The summed E-state index contributed by atoms with van der Waals surface area (Å²) in [6.07, 6.45) is -4.10. The van der Waals surface area contributed by atoms with Crippen molar-refractivity contribution in [2.45, 2.75) is 24.2 Å². The number of benzene rings is 3. The fourth-order valence-corrected chi connectivity index (χ4v) is 5.65. The van der Waals surface area contributed by atoms with Gasteiger partial charge in [0.05, 0.1) is 45.1 Å². The zero-order valence-electron chi connectivity index (χ0n) is 21.7. The quantitative estimate of drug-likeness (QED) is 0.319. The maximum absolute atomic E-state index is 15.7. The summed E-state index contributed by atoms with van der Waals surface area (Å²) in [4.78, 5) is 28.9. The molecule has 0 fully saturated rings. The number of hydrogen-bond donors (Lipinski definition) is 0. The Kier molecular flexibility index (Phi) is 6.91. The summed E-state index contributed by atoms with van der Waals surface area (Å²) in [5.74, 6) is -1.64. The van der Waals surface area contributed by atoms with E-state index in [-0.39, 0.29) is 34.0 Å². The third-order valence-electron chi connectivity index (χ3n) is 7.28. The second-order valence-corrected chi connectivity index (χ2v) is 9.73. The number of methoxy groups -OCH3 is 3. The van der Waals surface area contributed by atoms with Crippen LogP contribution in [0.4, 0.5) is 23.7 Å². The van der Waals surface area contributed by atoms with Gasteiger partial charge in [-0.3, -0.25) is 9.80 Å². The molecule has 5 rings (SSSR count). The maximum atomic E-state index is 15.7. The molecule has 2 heterocycles. The van der Waals surface area contributed by atoms with Crippen molar-refractivity contribution in [2.24, 2.45) is 0 Å². The van der Waals surface area contributed by atoms with E-state index in [2.05, 4.69) is 0 Å². The molecule has 11 heteroatoms. The number of anilines is 1. The molecule has 0 aliphatic carbocycles. The Bertz CT molecular complexity index is 1490. The first kappa shape index (κ1) is 27.4. The first-order valence-electron chi connectivity index (χ1n) is 12.1. The molecule has 2 aliphatic rings. The van der Waals surface area contributed by atoms with Crippen LogP contribution in [0, 0.1) is 0 Å². The highest BCUT2D eigenvalue weighted by Crippen LogP contribution is 2.63. The molecule has 2 amide bonds. The van der Waals surface area contributed by atoms with E-state index < -0.39 is 29.6 Å². The van der Waals surface area contributed by atoms with Crippen LogP contribution in [0.1, 0.15) is 22.6 Å². The molecule has 0 N–H and O–H groups in total. The smallest absolute Gasteiger partial charge is 0.417 e. The largest absolute Gasteiger partial charge is 0.497 e. The summed E-state index contributed by atoms with van der Waals surface area (Å²) >= 11 is 6.29. The van der Waals surface area contributed by atoms with Gasteiger partial charge in [0.1, 0.15) is 11.5 Å². The standard InChI is InChI=1S/C29H24ClF3N2O5/c1-38-20-9-4-17(5-10-20)15-34-24-13-8-19(30)14-23(24)28(29(31,32)33)25(18-6-11-21(39-2)12-7-18)22(26(36)40-3)16-35(28)27(34)37/h4-14,16,25H,15H2,1-3H3/t25-,28-/m1/s1. The Morgan fingerprint density at radius 3 is 2.10 bits per heavy atom. The molecular weight excluding hydrogens is 549 g/mol. The Labute approximate surface area is 233 Å². The fraction of sp³-hybridized carbons (Fsp3) is 0.241. The lowest BCUT2D eigenvalue weighted by atomic mass is 9.70. The summed E-state index contributed by atoms with van der Waals surface area (Å²) in [5, 5.41) is 0.0427. The predicted molar refractivity (Wildman–Crippen MR) is 141 cm³/mol. The summed E-state index contributed by atoms with van der Waals surface area (Å²) in [7, 11) is 4.02. The Hall–Kier alpha value is -4.18. The lowest BCUT2D eigenvalue weighted by molar-refractivity contribution is -0.223. The van der Waals surface area contributed by atoms with Crippen LogP contribution in [0.2, 0.25) is 5.02 Å². The van der Waals surface area contributed by atoms with Gasteiger partial charge in [0.25, 0.3) is 0 Å². The van der Waals surface area contributed by atoms with Crippen LogP contribution >= 0.6 is 11.6 Å². The summed E-state index contributed by atoms with van der Waals surface area (Å²) in [5.41, 5.74) is -2.76. The van der Waals surface area contributed by atoms with E-state index in [1.165, 1.54) is 61.6 Å². The number of fused-ring (bicyclic) bond motifs is 3. The van der Waals surface area contributed by atoms with E-state index >= 15 is 13.2 Å². The van der Waals surface area contributed by atoms with Crippen molar-refractivity contribution in [3.8, 4) is 11.5 Å². The summed E-state index contributed by atoms with van der Waals surface area (Å²) in [6, 6.07) is 15.8. The molecule has 0 aromatic heterocycles. The minimum absolute atomic E-state index is 0.0248. The van der Waals surface area contributed by atoms with Gasteiger partial charge in [0.15, 0.2) is 5.54 Å². The molecule has 208 valence electrons. The molecule has 0 saturated heterocycles. The Morgan fingerprint density at radius 2 is 1.55 bits per heavy atom. The molecule has 40 heavy (non-hydrogen) atoms. The van der Waals surface area contributed by atoms with E-state index in [9.17, 15) is 9.59 Å². The molecule has 0 saturated carbocycles. The zero-order valence-corrected chi connectivity index (χ0v) is 22.4. The first-order valence-corrected chi connectivity index (χ1v) is 12.5. The van der Waals surface area contributed by atoms with Crippen LogP contribution in [0.3, 0.4) is 0 Å². The monoisotopic (exact) mass is 572 g/mol. The second-order valence-electron chi connectivity index (χ2n) is 9.29. The van der Waals surface area contributed by atoms with Crippen molar-refractivity contribution in [3.05, 3.63) is 100 Å². The van der Waals surface area contributed by atoms with Gasteiger partial charge in [-0.1, -0.05) is 35.9 Å². The lowest BCUT2D eigenvalue weighted by Crippen LogP contribution is -2.63. The van der Waals surface area contributed by atoms with E-state index in [1.807, 2.05) is 0 Å². The number of nitrogens with zero attached hydrogens (tertiary/aromatic N) is 2. The fourth-order valence-electron chi connectivity index (χ4n) is 5.48. The van der Waals surface area contributed by atoms with Crippen molar-refractivity contribution in [2.75, 3.05) is 26.2 Å². The highest BCUT2D eigenvalue weighted by Gasteiger charge is 2.72. The number of urea groups is 1. The van der Waals surface area contributed by atoms with E-state index in [1.54, 1.807) is 24.3 Å². The molecule has 7 nitrogen and oxygen atoms in total. The normalized spacial score (nSPS) is 20.0. The molecule has 3 aromatic carbocycles. The zero-order chi connectivity index (χ0) is 28.8. The van der Waals surface area contributed by atoms with Crippen molar-refractivity contribution in [3.63, 3.8) is 0 Å². The summed E-state index contributed by atoms with van der Waals surface area (Å²) < 4.78 is 62.2. The number of alkyl halides is 3. The molecule has 2 atom stereocenters. The SMILES string of the molecule is COC(=O)C1=CN2C(=O)N(Cc3ccc(OC)cc3)c3ccc(Cl)cc3[C@]2(C(F)(F)F)[C@@H]1c1ccc(OC)cc1. The van der Waals surface area contributed by atoms with Crippen molar-refractivity contribution in [1.82, 2.24) is 4.90 Å². The van der Waals surface area contributed by atoms with E-state index in [0.29, 0.717) is 22.0 Å². The van der Waals surface area contributed by atoms with Crippen molar-refractivity contribution in [1.29, 1.82) is 0 Å². The molecule has 2 aliphatic heterocycles. The van der Waals surface area contributed by atoms with Crippen LogP contribution in [0.15, 0.2) is 78.5 Å². The maximum Gasteiger partial charge on any atom is 0.417 e. The summed E-state index contributed by atoms with van der Waals surface area (Å²) in [6.45, 7) is -0.0451. The van der Waals surface area contributed by atoms with Crippen molar-refractivity contribution >= 4 is 29.3 Å². The number of amides is 2. The Balaban J connectivity index is 1.77. The van der Waals surface area contributed by atoms with Gasteiger partial charge in [-0.2, -0.15) is 13.2 Å². The number of ether oxygens (including phenoxy) is 3. The average Bonchev–Trinajstić information content (AvgIpc) is 3.33. The Morgan fingerprint density at radius 1 is 0.950 bits per heavy atom. The van der Waals surface area contributed by atoms with Crippen LogP contribution in [0.5, 0.6) is 11.5 Å². The molecular formula is C29H24ClF3N2O5. The molecule has 3 aromatic rings. The lowest BCUT2D eigenvalue weighted by Gasteiger charge is -2.50. The van der Waals surface area contributed by atoms with Crippen LogP contribution in [-0.2, 0) is 21.6 Å². The molecule has 0 radical (unpaired) electrons. The van der Waals surface area contributed by atoms with Gasteiger partial charge in [0, 0.05) is 16.8 Å². The van der Waals surface area contributed by atoms with Gasteiger partial charge >= 0.3 is 18.2 Å². The number of rotatable bonds is 6. The molecule has 0 unspecified atom stereocenters. The predicted octanol–water partition coefficient (Wildman–Crippen LogP) is 6.41. The molecule has 0 spiro atoms. The van der Waals surface area contributed by atoms with Crippen LogP contribution < -0.4 is 14.4 Å². The average molecular weight is 573 g/mol. The molecule has 0 bridgehead atoms. The van der Waals surface area contributed by atoms with Gasteiger partial charge < -0.3 is 14.2 Å². The highest BCUT2D eigenvalue weighted by atomic mass is 35.5. The topological polar surface area (TPSA) is 68.3 Å². The van der Waals surface area contributed by atoms with Gasteiger partial charge in [-0.05, 0) is 53.6 Å². The highest BCUT2D eigenvalue weighted by molar-refractivity contribution is 6.30. The van der Waals surface area contributed by atoms with Crippen LogP contribution in [-0.4, -0.2) is 44.4 Å². The number of hydrogen-bond acceptors (Lipinski definition) is 5. The number of halogens is 4. The third-order valence-corrected chi connectivity index (χ3v) is 7.51. The van der Waals surface area contributed by atoms with Crippen LogP contribution in [0.25, 0.3) is 0 Å². The number of esters is 1. The minimum Gasteiger partial charge on any atom is -0.497 e. The van der Waals surface area contributed by atoms with Gasteiger partial charge in [0.2, 0.25) is 0 Å². The van der Waals surface area contributed by atoms with E-state index in [0.717, 1.165) is 13.3 Å². The minimum atomic E-state index is -5.05. The van der Waals surface area contributed by atoms with Gasteiger partial charge in [-0.25, -0.2) is 9.59 Å². The number of carbonyl (C=O) groups excluding carboxylic acids is 2. The number of carbonyl (C=O) groups is 2.